The number of rotatable bonds is 10. The van der Waals surface area contributed by atoms with Gasteiger partial charge in [-0.2, -0.15) is 0 Å². The SMILES string of the molecule is CCOC(=O)CSCCOc1ccc(C=C2SC(=S)N(c3ccccc3)C2=O)cc1OC. The predicted octanol–water partition coefficient (Wildman–Crippen LogP) is 4.78. The highest BCUT2D eigenvalue weighted by Crippen LogP contribution is 2.37. The smallest absolute Gasteiger partial charge is 0.315 e. The number of hydrogen-bond donors (Lipinski definition) is 0. The standard InChI is InChI=1S/C23H23NO5S3/c1-3-28-21(25)15-31-12-11-29-18-10-9-16(13-19(18)27-2)14-20-22(26)24(23(30)32-20)17-7-5-4-6-8-17/h4-10,13-14H,3,11-12,15H2,1-2H3. The van der Waals surface area contributed by atoms with E-state index in [1.54, 1.807) is 26.2 Å². The molecule has 9 heteroatoms. The Morgan fingerprint density at radius 3 is 2.69 bits per heavy atom. The fourth-order valence-electron chi connectivity index (χ4n) is 2.88. The fraction of sp³-hybridized carbons (Fsp3) is 0.261. The lowest BCUT2D eigenvalue weighted by atomic mass is 10.2. The van der Waals surface area contributed by atoms with E-state index in [4.69, 9.17) is 26.4 Å². The largest absolute Gasteiger partial charge is 0.493 e. The summed E-state index contributed by atoms with van der Waals surface area (Å²) >= 11 is 8.13. The van der Waals surface area contributed by atoms with Gasteiger partial charge in [-0.05, 0) is 42.8 Å². The first-order valence-electron chi connectivity index (χ1n) is 9.90. The number of carbonyl (C=O) groups excluding carboxylic acids is 2. The Balaban J connectivity index is 1.63. The van der Waals surface area contributed by atoms with E-state index < -0.39 is 0 Å². The molecule has 1 fully saturated rings. The molecule has 0 atom stereocenters. The third-order valence-electron chi connectivity index (χ3n) is 4.30. The summed E-state index contributed by atoms with van der Waals surface area (Å²) in [5, 5.41) is 0. The minimum atomic E-state index is -0.225. The highest BCUT2D eigenvalue weighted by molar-refractivity contribution is 8.27. The van der Waals surface area contributed by atoms with Gasteiger partial charge in [0, 0.05) is 5.75 Å². The van der Waals surface area contributed by atoms with Crippen LogP contribution in [0.5, 0.6) is 11.5 Å². The molecule has 0 aromatic heterocycles. The van der Waals surface area contributed by atoms with Crippen molar-refractivity contribution in [1.82, 2.24) is 0 Å². The highest BCUT2D eigenvalue weighted by atomic mass is 32.2. The minimum Gasteiger partial charge on any atom is -0.493 e. The second-order valence-corrected chi connectivity index (χ2v) is 9.25. The van der Waals surface area contributed by atoms with E-state index in [-0.39, 0.29) is 11.9 Å². The van der Waals surface area contributed by atoms with Gasteiger partial charge in [-0.1, -0.05) is 48.2 Å². The summed E-state index contributed by atoms with van der Waals surface area (Å²) in [5.74, 6) is 1.73. The summed E-state index contributed by atoms with van der Waals surface area (Å²) in [6.45, 7) is 2.59. The summed E-state index contributed by atoms with van der Waals surface area (Å²) in [4.78, 5) is 26.3. The Morgan fingerprint density at radius 2 is 1.97 bits per heavy atom. The first kappa shape index (κ1) is 24.2. The number of hydrogen-bond acceptors (Lipinski definition) is 8. The van der Waals surface area contributed by atoms with Gasteiger partial charge in [0.1, 0.15) is 0 Å². The molecule has 1 amide bonds. The van der Waals surface area contributed by atoms with E-state index in [1.807, 2.05) is 42.5 Å². The first-order valence-corrected chi connectivity index (χ1v) is 12.3. The number of thiocarbonyl (C=S) groups is 1. The van der Waals surface area contributed by atoms with Gasteiger partial charge >= 0.3 is 5.97 Å². The van der Waals surface area contributed by atoms with Crippen molar-refractivity contribution >= 4 is 63.7 Å². The van der Waals surface area contributed by atoms with E-state index in [0.29, 0.717) is 45.4 Å². The van der Waals surface area contributed by atoms with Crippen molar-refractivity contribution in [2.45, 2.75) is 6.92 Å². The van der Waals surface area contributed by atoms with Crippen LogP contribution in [-0.4, -0.2) is 48.0 Å². The zero-order valence-corrected chi connectivity index (χ0v) is 20.2. The molecule has 2 aromatic carbocycles. The number of methoxy groups -OCH3 is 1. The van der Waals surface area contributed by atoms with Crippen LogP contribution in [0.3, 0.4) is 0 Å². The number of carbonyl (C=O) groups is 2. The summed E-state index contributed by atoms with van der Waals surface area (Å²) < 4.78 is 16.6. The number of amides is 1. The molecule has 0 bridgehead atoms. The number of thioether (sulfide) groups is 2. The average molecular weight is 490 g/mol. The maximum Gasteiger partial charge on any atom is 0.315 e. The van der Waals surface area contributed by atoms with Crippen molar-refractivity contribution in [3.63, 3.8) is 0 Å². The summed E-state index contributed by atoms with van der Waals surface area (Å²) in [6.07, 6.45) is 1.80. The van der Waals surface area contributed by atoms with Crippen molar-refractivity contribution < 1.29 is 23.8 Å². The van der Waals surface area contributed by atoms with E-state index >= 15 is 0 Å². The number of benzene rings is 2. The van der Waals surface area contributed by atoms with Gasteiger partial charge in [0.25, 0.3) is 5.91 Å². The van der Waals surface area contributed by atoms with E-state index in [0.717, 1.165) is 11.3 Å². The van der Waals surface area contributed by atoms with Crippen LogP contribution in [0, 0.1) is 0 Å². The normalized spacial score (nSPS) is 14.7. The van der Waals surface area contributed by atoms with Crippen molar-refractivity contribution in [2.24, 2.45) is 0 Å². The lowest BCUT2D eigenvalue weighted by Gasteiger charge is -2.14. The van der Waals surface area contributed by atoms with Crippen molar-refractivity contribution in [2.75, 3.05) is 36.7 Å². The van der Waals surface area contributed by atoms with Crippen LogP contribution in [-0.2, 0) is 14.3 Å². The van der Waals surface area contributed by atoms with Gasteiger partial charge in [-0.15, -0.1) is 11.8 Å². The molecule has 1 heterocycles. The Kier molecular flexibility index (Phi) is 9.01. The van der Waals surface area contributed by atoms with Crippen LogP contribution in [0.25, 0.3) is 6.08 Å². The summed E-state index contributed by atoms with van der Waals surface area (Å²) in [7, 11) is 1.57. The molecular formula is C23H23NO5S3. The van der Waals surface area contributed by atoms with Crippen LogP contribution in [0.4, 0.5) is 5.69 Å². The maximum atomic E-state index is 12.9. The average Bonchev–Trinajstić information content (AvgIpc) is 3.07. The third-order valence-corrected chi connectivity index (χ3v) is 6.50. The molecule has 0 saturated carbocycles. The Hall–Kier alpha value is -2.49. The lowest BCUT2D eigenvalue weighted by Crippen LogP contribution is -2.27. The molecule has 1 aliphatic rings. The number of nitrogens with zero attached hydrogens (tertiary/aromatic N) is 1. The molecule has 0 radical (unpaired) electrons. The first-order chi connectivity index (χ1) is 15.5. The molecule has 1 saturated heterocycles. The molecule has 6 nitrogen and oxygen atoms in total. The Morgan fingerprint density at radius 1 is 1.19 bits per heavy atom. The van der Waals surface area contributed by atoms with Gasteiger partial charge in [0.05, 0.1) is 36.7 Å². The predicted molar refractivity (Wildman–Crippen MR) is 135 cm³/mol. The zero-order chi connectivity index (χ0) is 22.9. The van der Waals surface area contributed by atoms with E-state index in [9.17, 15) is 9.59 Å². The molecule has 0 aliphatic carbocycles. The highest BCUT2D eigenvalue weighted by Gasteiger charge is 2.33. The van der Waals surface area contributed by atoms with Gasteiger partial charge in [-0.25, -0.2) is 0 Å². The number of para-hydroxylation sites is 1. The van der Waals surface area contributed by atoms with Crippen molar-refractivity contribution in [3.05, 3.63) is 59.0 Å². The second kappa shape index (κ2) is 11.9. The molecule has 2 aromatic rings. The van der Waals surface area contributed by atoms with Crippen LogP contribution < -0.4 is 14.4 Å². The maximum absolute atomic E-state index is 12.9. The molecule has 32 heavy (non-hydrogen) atoms. The fourth-order valence-corrected chi connectivity index (χ4v) is 4.78. The topological polar surface area (TPSA) is 65.1 Å². The molecular weight excluding hydrogens is 466 g/mol. The van der Waals surface area contributed by atoms with Crippen molar-refractivity contribution in [3.8, 4) is 11.5 Å². The molecule has 3 rings (SSSR count). The van der Waals surface area contributed by atoms with E-state index in [2.05, 4.69) is 0 Å². The lowest BCUT2D eigenvalue weighted by molar-refractivity contribution is -0.139. The zero-order valence-electron chi connectivity index (χ0n) is 17.7. The monoisotopic (exact) mass is 489 g/mol. The van der Waals surface area contributed by atoms with Crippen LogP contribution in [0.1, 0.15) is 12.5 Å². The summed E-state index contributed by atoms with van der Waals surface area (Å²) in [6, 6.07) is 14.8. The van der Waals surface area contributed by atoms with Crippen molar-refractivity contribution in [1.29, 1.82) is 0 Å². The molecule has 0 unspecified atom stereocenters. The van der Waals surface area contributed by atoms with E-state index in [1.165, 1.54) is 28.4 Å². The second-order valence-electron chi connectivity index (χ2n) is 6.47. The van der Waals surface area contributed by atoms with Gasteiger partial charge < -0.3 is 14.2 Å². The van der Waals surface area contributed by atoms with Gasteiger partial charge in [0.15, 0.2) is 15.8 Å². The number of anilines is 1. The van der Waals surface area contributed by atoms with Crippen LogP contribution >= 0.6 is 35.7 Å². The minimum absolute atomic E-state index is 0.149. The van der Waals surface area contributed by atoms with Gasteiger partial charge in [0.2, 0.25) is 0 Å². The van der Waals surface area contributed by atoms with Gasteiger partial charge in [-0.3, -0.25) is 14.5 Å². The summed E-state index contributed by atoms with van der Waals surface area (Å²) in [5.41, 5.74) is 1.56. The Labute approximate surface area is 201 Å². The third kappa shape index (κ3) is 6.27. The quantitative estimate of drug-likeness (QED) is 0.205. The number of esters is 1. The van der Waals surface area contributed by atoms with Crippen LogP contribution in [0.2, 0.25) is 0 Å². The number of ether oxygens (including phenoxy) is 3. The molecule has 1 aliphatic heterocycles. The van der Waals surface area contributed by atoms with Crippen LogP contribution in [0.15, 0.2) is 53.4 Å². The molecule has 0 N–H and O–H groups in total. The molecule has 168 valence electrons. The molecule has 0 spiro atoms. The Bertz CT molecular complexity index is 1010.